The summed E-state index contributed by atoms with van der Waals surface area (Å²) < 4.78 is 27.1. The fraction of sp³-hybridized carbons (Fsp3) is 0.0400. The smallest absolute Gasteiger partial charge is 0.272 e. The highest BCUT2D eigenvalue weighted by atomic mass is 32.2. The molecule has 35 heavy (non-hydrogen) atoms. The molecule has 3 amide bonds. The topological polar surface area (TPSA) is 90.9 Å². The first-order valence-corrected chi connectivity index (χ1v) is 11.3. The molecule has 0 aromatic heterocycles. The van der Waals surface area contributed by atoms with Crippen LogP contribution in [0.25, 0.3) is 6.08 Å². The molecule has 1 aliphatic heterocycles. The number of aliphatic imine (C=N–C) groups is 1. The van der Waals surface area contributed by atoms with Crippen molar-refractivity contribution in [3.05, 3.63) is 107 Å². The minimum atomic E-state index is -0.809. The number of hydrogen-bond acceptors (Lipinski definition) is 5. The summed E-state index contributed by atoms with van der Waals surface area (Å²) in [6.45, 7) is 0. The number of halogens is 2. The first kappa shape index (κ1) is 23.8. The Hall–Kier alpha value is -4.31. The van der Waals surface area contributed by atoms with Crippen LogP contribution in [0, 0.1) is 11.6 Å². The lowest BCUT2D eigenvalue weighted by molar-refractivity contribution is -0.119. The average molecular weight is 493 g/mol. The van der Waals surface area contributed by atoms with Crippen LogP contribution >= 0.6 is 11.8 Å². The summed E-state index contributed by atoms with van der Waals surface area (Å²) in [6.07, 6.45) is 1.61. The number of amides is 3. The van der Waals surface area contributed by atoms with Gasteiger partial charge < -0.3 is 0 Å². The standard InChI is InChI=1S/C25H18F2N4O3S/c26-17-10-12-18(13-11-17)31-24(34)21(14-16-6-2-1-3-7-16)28-25(31)35-15-22(32)29-30-23(33)19-8-4-5-9-20(19)27/h1-14H,15H2,(H,29,32)(H,30,33)/b21-14+. The SMILES string of the molecule is O=C(CSC1=N/C(=C/c2ccccc2)C(=O)N1c1ccc(F)cc1)NNC(=O)c1ccccc1F. The van der Waals surface area contributed by atoms with E-state index in [0.717, 1.165) is 23.4 Å². The number of carbonyl (C=O) groups is 3. The van der Waals surface area contributed by atoms with Gasteiger partial charge in [-0.25, -0.2) is 13.8 Å². The van der Waals surface area contributed by atoms with Crippen LogP contribution in [-0.4, -0.2) is 28.6 Å². The molecule has 0 unspecified atom stereocenters. The summed E-state index contributed by atoms with van der Waals surface area (Å²) in [4.78, 5) is 43.1. The van der Waals surface area contributed by atoms with E-state index in [0.29, 0.717) is 5.69 Å². The van der Waals surface area contributed by atoms with Gasteiger partial charge in [-0.1, -0.05) is 54.2 Å². The maximum atomic E-state index is 13.7. The van der Waals surface area contributed by atoms with Gasteiger partial charge in [0.1, 0.15) is 17.3 Å². The molecule has 176 valence electrons. The van der Waals surface area contributed by atoms with Crippen LogP contribution in [0.4, 0.5) is 14.5 Å². The van der Waals surface area contributed by atoms with Crippen molar-refractivity contribution >= 4 is 46.4 Å². The zero-order valence-corrected chi connectivity index (χ0v) is 18.9. The third kappa shape index (κ3) is 5.79. The van der Waals surface area contributed by atoms with E-state index in [1.54, 1.807) is 6.08 Å². The number of thioether (sulfide) groups is 1. The zero-order valence-electron chi connectivity index (χ0n) is 18.1. The number of amidine groups is 1. The van der Waals surface area contributed by atoms with Gasteiger partial charge in [0.15, 0.2) is 5.17 Å². The van der Waals surface area contributed by atoms with Crippen molar-refractivity contribution in [3.8, 4) is 0 Å². The molecule has 3 aromatic carbocycles. The number of rotatable bonds is 5. The largest absolute Gasteiger partial charge is 0.283 e. The molecule has 0 saturated heterocycles. The lowest BCUT2D eigenvalue weighted by atomic mass is 10.2. The number of hydrogen-bond donors (Lipinski definition) is 2. The highest BCUT2D eigenvalue weighted by Crippen LogP contribution is 2.29. The summed E-state index contributed by atoms with van der Waals surface area (Å²) >= 11 is 0.951. The Balaban J connectivity index is 1.47. The van der Waals surface area contributed by atoms with Crippen molar-refractivity contribution in [2.24, 2.45) is 4.99 Å². The maximum Gasteiger partial charge on any atom is 0.283 e. The molecule has 10 heteroatoms. The van der Waals surface area contributed by atoms with E-state index in [-0.39, 0.29) is 22.2 Å². The molecule has 0 aliphatic carbocycles. The predicted octanol–water partition coefficient (Wildman–Crippen LogP) is 3.90. The molecule has 7 nitrogen and oxygen atoms in total. The van der Waals surface area contributed by atoms with E-state index in [4.69, 9.17) is 0 Å². The average Bonchev–Trinajstić information content (AvgIpc) is 3.17. The Labute approximate surface area is 203 Å². The molecule has 1 aliphatic rings. The number of carbonyl (C=O) groups excluding carboxylic acids is 3. The van der Waals surface area contributed by atoms with Crippen LogP contribution in [0.3, 0.4) is 0 Å². The lowest BCUT2D eigenvalue weighted by Crippen LogP contribution is -2.43. The predicted molar refractivity (Wildman–Crippen MR) is 130 cm³/mol. The van der Waals surface area contributed by atoms with Gasteiger partial charge >= 0.3 is 0 Å². The van der Waals surface area contributed by atoms with Crippen molar-refractivity contribution in [2.75, 3.05) is 10.7 Å². The highest BCUT2D eigenvalue weighted by molar-refractivity contribution is 8.14. The molecule has 2 N–H and O–H groups in total. The molecular formula is C25H18F2N4O3S. The zero-order chi connectivity index (χ0) is 24.8. The van der Waals surface area contributed by atoms with Crippen molar-refractivity contribution < 1.29 is 23.2 Å². The van der Waals surface area contributed by atoms with E-state index in [9.17, 15) is 23.2 Å². The fourth-order valence-electron chi connectivity index (χ4n) is 3.12. The van der Waals surface area contributed by atoms with Crippen LogP contribution in [0.1, 0.15) is 15.9 Å². The minimum absolute atomic E-state index is 0.149. The number of benzene rings is 3. The minimum Gasteiger partial charge on any atom is -0.272 e. The van der Waals surface area contributed by atoms with Gasteiger partial charge in [0.2, 0.25) is 5.91 Å². The molecule has 0 saturated carbocycles. The van der Waals surface area contributed by atoms with E-state index < -0.39 is 29.4 Å². The van der Waals surface area contributed by atoms with Gasteiger partial charge in [0.05, 0.1) is 17.0 Å². The Bertz CT molecular complexity index is 1330. The van der Waals surface area contributed by atoms with Crippen LogP contribution < -0.4 is 15.8 Å². The number of nitrogens with one attached hydrogen (secondary N) is 2. The first-order valence-electron chi connectivity index (χ1n) is 10.3. The second kappa shape index (κ2) is 10.7. The van der Waals surface area contributed by atoms with Gasteiger partial charge in [-0.15, -0.1) is 0 Å². The van der Waals surface area contributed by atoms with E-state index in [1.807, 2.05) is 30.3 Å². The third-order valence-electron chi connectivity index (χ3n) is 4.78. The van der Waals surface area contributed by atoms with Gasteiger partial charge in [0, 0.05) is 0 Å². The monoisotopic (exact) mass is 492 g/mol. The Kier molecular flexibility index (Phi) is 7.32. The van der Waals surface area contributed by atoms with Crippen LogP contribution in [0.5, 0.6) is 0 Å². The van der Waals surface area contributed by atoms with Crippen molar-refractivity contribution in [1.29, 1.82) is 0 Å². The fourth-order valence-corrected chi connectivity index (χ4v) is 3.94. The normalized spacial score (nSPS) is 14.1. The summed E-state index contributed by atoms with van der Waals surface area (Å²) in [6, 6.07) is 19.8. The van der Waals surface area contributed by atoms with E-state index >= 15 is 0 Å². The second-order valence-corrected chi connectivity index (χ2v) is 8.16. The number of nitrogens with zero attached hydrogens (tertiary/aromatic N) is 2. The maximum absolute atomic E-state index is 13.7. The molecular weight excluding hydrogens is 474 g/mol. The first-order chi connectivity index (χ1) is 16.9. The van der Waals surface area contributed by atoms with Gasteiger partial charge in [-0.2, -0.15) is 0 Å². The second-order valence-electron chi connectivity index (χ2n) is 7.22. The van der Waals surface area contributed by atoms with Crippen molar-refractivity contribution in [2.45, 2.75) is 0 Å². The Morgan fingerprint density at radius 1 is 0.914 bits per heavy atom. The summed E-state index contributed by atoms with van der Waals surface area (Å²) in [7, 11) is 0. The summed E-state index contributed by atoms with van der Waals surface area (Å²) in [5.41, 5.74) is 5.43. The molecule has 3 aromatic rings. The van der Waals surface area contributed by atoms with Crippen LogP contribution in [0.15, 0.2) is 89.6 Å². The Morgan fingerprint density at radius 2 is 1.60 bits per heavy atom. The van der Waals surface area contributed by atoms with E-state index in [2.05, 4.69) is 15.8 Å². The highest BCUT2D eigenvalue weighted by Gasteiger charge is 2.32. The molecule has 0 bridgehead atoms. The molecule has 4 rings (SSSR count). The van der Waals surface area contributed by atoms with Crippen molar-refractivity contribution in [3.63, 3.8) is 0 Å². The van der Waals surface area contributed by atoms with Crippen molar-refractivity contribution in [1.82, 2.24) is 10.9 Å². The van der Waals surface area contributed by atoms with Gasteiger partial charge in [-0.05, 0) is 48.0 Å². The molecule has 0 radical (unpaired) electrons. The molecule has 0 atom stereocenters. The summed E-state index contributed by atoms with van der Waals surface area (Å²) in [5, 5.41) is 0.208. The number of anilines is 1. The summed E-state index contributed by atoms with van der Waals surface area (Å²) in [5.74, 6) is -3.24. The quantitative estimate of drug-likeness (QED) is 0.418. The van der Waals surface area contributed by atoms with Crippen LogP contribution in [0.2, 0.25) is 0 Å². The molecule has 1 heterocycles. The van der Waals surface area contributed by atoms with Crippen LogP contribution in [-0.2, 0) is 9.59 Å². The van der Waals surface area contributed by atoms with Gasteiger partial charge in [0.25, 0.3) is 11.8 Å². The molecule has 0 spiro atoms. The van der Waals surface area contributed by atoms with Gasteiger partial charge in [-0.3, -0.25) is 30.1 Å². The third-order valence-corrected chi connectivity index (χ3v) is 5.72. The molecule has 0 fully saturated rings. The lowest BCUT2D eigenvalue weighted by Gasteiger charge is -2.17. The number of hydrazine groups is 1. The van der Waals surface area contributed by atoms with E-state index in [1.165, 1.54) is 47.4 Å². The Morgan fingerprint density at radius 3 is 2.31 bits per heavy atom.